The van der Waals surface area contributed by atoms with Gasteiger partial charge in [-0.2, -0.15) is 0 Å². The lowest BCUT2D eigenvalue weighted by atomic mass is 9.86. The lowest BCUT2D eigenvalue weighted by Crippen LogP contribution is -2.22. The van der Waals surface area contributed by atoms with Crippen molar-refractivity contribution in [1.82, 2.24) is 10.3 Å². The smallest absolute Gasteiger partial charge is 0.181 e. The molecule has 1 aliphatic rings. The minimum absolute atomic E-state index is 0.177. The molecule has 1 aliphatic heterocycles. The molecular formula is C14H24N2O3. The van der Waals surface area contributed by atoms with Gasteiger partial charge in [-0.1, -0.05) is 6.92 Å². The molecule has 0 amide bonds. The Balaban J connectivity index is 2.02. The standard InChI is InChI=1S/C14H24N2O3/c1-9-10(2)19-11(3)13(9)14-12(16-8-18-14)7-15-5-6-17-4/h8-11,13,15H,5-7H2,1-4H3. The third kappa shape index (κ3) is 3.16. The highest BCUT2D eigenvalue weighted by molar-refractivity contribution is 5.17. The van der Waals surface area contributed by atoms with Gasteiger partial charge in [0.15, 0.2) is 6.39 Å². The topological polar surface area (TPSA) is 56.5 Å². The lowest BCUT2D eigenvalue weighted by Gasteiger charge is -2.17. The number of oxazole rings is 1. The molecule has 1 aromatic rings. The molecule has 4 unspecified atom stereocenters. The summed E-state index contributed by atoms with van der Waals surface area (Å²) in [4.78, 5) is 4.33. The van der Waals surface area contributed by atoms with Crippen LogP contribution < -0.4 is 5.32 Å². The van der Waals surface area contributed by atoms with Gasteiger partial charge in [0.1, 0.15) is 5.76 Å². The first-order chi connectivity index (χ1) is 9.15. The van der Waals surface area contributed by atoms with Crippen LogP contribution >= 0.6 is 0 Å². The van der Waals surface area contributed by atoms with E-state index in [1.165, 1.54) is 6.39 Å². The van der Waals surface area contributed by atoms with Crippen LogP contribution in [0.15, 0.2) is 10.8 Å². The maximum absolute atomic E-state index is 5.88. The van der Waals surface area contributed by atoms with Crippen molar-refractivity contribution >= 4 is 0 Å². The first kappa shape index (κ1) is 14.5. The molecule has 1 N–H and O–H groups in total. The second-order valence-corrected chi connectivity index (χ2v) is 5.26. The van der Waals surface area contributed by atoms with Crippen LogP contribution in [-0.4, -0.2) is 37.5 Å². The molecule has 19 heavy (non-hydrogen) atoms. The monoisotopic (exact) mass is 268 g/mol. The van der Waals surface area contributed by atoms with Gasteiger partial charge in [-0.3, -0.25) is 0 Å². The van der Waals surface area contributed by atoms with E-state index in [2.05, 4.69) is 31.1 Å². The maximum atomic E-state index is 5.88. The van der Waals surface area contributed by atoms with E-state index in [-0.39, 0.29) is 18.1 Å². The molecule has 1 fully saturated rings. The Labute approximate surface area is 114 Å². The van der Waals surface area contributed by atoms with E-state index in [0.29, 0.717) is 19.1 Å². The Hall–Kier alpha value is -0.910. The van der Waals surface area contributed by atoms with Crippen molar-refractivity contribution in [1.29, 1.82) is 0 Å². The number of ether oxygens (including phenoxy) is 2. The van der Waals surface area contributed by atoms with Crippen molar-refractivity contribution in [2.24, 2.45) is 5.92 Å². The van der Waals surface area contributed by atoms with Gasteiger partial charge in [0.2, 0.25) is 0 Å². The van der Waals surface area contributed by atoms with Crippen LogP contribution in [0, 0.1) is 5.92 Å². The van der Waals surface area contributed by atoms with Gasteiger partial charge < -0.3 is 19.2 Å². The van der Waals surface area contributed by atoms with Crippen LogP contribution in [0.2, 0.25) is 0 Å². The van der Waals surface area contributed by atoms with Gasteiger partial charge >= 0.3 is 0 Å². The normalized spacial score (nSPS) is 30.9. The number of aromatic nitrogens is 1. The zero-order chi connectivity index (χ0) is 13.8. The predicted octanol–water partition coefficient (Wildman–Crippen LogP) is 1.94. The van der Waals surface area contributed by atoms with Crippen LogP contribution in [0.1, 0.15) is 38.1 Å². The molecule has 2 heterocycles. The summed E-state index contributed by atoms with van der Waals surface area (Å²) in [6.45, 7) is 8.65. The summed E-state index contributed by atoms with van der Waals surface area (Å²) in [5.41, 5.74) is 0.984. The first-order valence-electron chi connectivity index (χ1n) is 6.92. The molecule has 0 saturated carbocycles. The third-order valence-corrected chi connectivity index (χ3v) is 3.99. The average Bonchev–Trinajstić information content (AvgIpc) is 2.91. The van der Waals surface area contributed by atoms with Crippen molar-refractivity contribution in [3.63, 3.8) is 0 Å². The summed E-state index contributed by atoms with van der Waals surface area (Å²) in [7, 11) is 1.70. The molecule has 0 spiro atoms. The minimum atomic E-state index is 0.177. The number of rotatable bonds is 6. The Kier molecular flexibility index (Phi) is 4.96. The second-order valence-electron chi connectivity index (χ2n) is 5.26. The first-order valence-corrected chi connectivity index (χ1v) is 6.92. The van der Waals surface area contributed by atoms with Crippen LogP contribution in [0.4, 0.5) is 0 Å². The summed E-state index contributed by atoms with van der Waals surface area (Å²) < 4.78 is 16.5. The minimum Gasteiger partial charge on any atom is -0.448 e. The van der Waals surface area contributed by atoms with E-state index >= 15 is 0 Å². The van der Waals surface area contributed by atoms with Gasteiger partial charge in [-0.25, -0.2) is 4.98 Å². The van der Waals surface area contributed by atoms with E-state index in [9.17, 15) is 0 Å². The molecule has 108 valence electrons. The Morgan fingerprint density at radius 3 is 2.74 bits per heavy atom. The third-order valence-electron chi connectivity index (χ3n) is 3.99. The summed E-state index contributed by atoms with van der Waals surface area (Å²) in [6.07, 6.45) is 1.97. The van der Waals surface area contributed by atoms with E-state index in [1.807, 2.05) is 0 Å². The van der Waals surface area contributed by atoms with Crippen molar-refractivity contribution in [3.05, 3.63) is 17.8 Å². The molecule has 5 heteroatoms. The molecule has 0 radical (unpaired) electrons. The molecule has 0 aliphatic carbocycles. The van der Waals surface area contributed by atoms with Crippen LogP contribution in [0.3, 0.4) is 0 Å². The highest BCUT2D eigenvalue weighted by atomic mass is 16.5. The fourth-order valence-electron chi connectivity index (χ4n) is 2.78. The van der Waals surface area contributed by atoms with Crippen molar-refractivity contribution in [2.75, 3.05) is 20.3 Å². The number of nitrogens with one attached hydrogen (secondary N) is 1. The molecule has 0 bridgehead atoms. The van der Waals surface area contributed by atoms with Crippen LogP contribution in [-0.2, 0) is 16.0 Å². The molecule has 2 rings (SSSR count). The van der Waals surface area contributed by atoms with E-state index < -0.39 is 0 Å². The number of hydrogen-bond acceptors (Lipinski definition) is 5. The Morgan fingerprint density at radius 2 is 2.11 bits per heavy atom. The highest BCUT2D eigenvalue weighted by Gasteiger charge is 2.41. The number of methoxy groups -OCH3 is 1. The molecule has 4 atom stereocenters. The fourth-order valence-corrected chi connectivity index (χ4v) is 2.78. The number of nitrogens with zero attached hydrogens (tertiary/aromatic N) is 1. The fraction of sp³-hybridized carbons (Fsp3) is 0.786. The lowest BCUT2D eigenvalue weighted by molar-refractivity contribution is 0.0547. The van der Waals surface area contributed by atoms with Crippen LogP contribution in [0.5, 0.6) is 0 Å². The predicted molar refractivity (Wildman–Crippen MR) is 72.0 cm³/mol. The molecule has 5 nitrogen and oxygen atoms in total. The van der Waals surface area contributed by atoms with Crippen molar-refractivity contribution in [2.45, 2.75) is 45.4 Å². The molecule has 1 aromatic heterocycles. The van der Waals surface area contributed by atoms with Crippen molar-refractivity contribution in [3.8, 4) is 0 Å². The van der Waals surface area contributed by atoms with E-state index in [1.54, 1.807) is 7.11 Å². The quantitative estimate of drug-likeness (QED) is 0.799. The van der Waals surface area contributed by atoms with Crippen molar-refractivity contribution < 1.29 is 13.9 Å². The van der Waals surface area contributed by atoms with Gasteiger partial charge in [0.25, 0.3) is 0 Å². The highest BCUT2D eigenvalue weighted by Crippen LogP contribution is 2.40. The van der Waals surface area contributed by atoms with E-state index in [4.69, 9.17) is 13.9 Å². The SMILES string of the molecule is COCCNCc1ncoc1C1C(C)OC(C)C1C. The van der Waals surface area contributed by atoms with Gasteiger partial charge in [0.05, 0.1) is 30.4 Å². The number of hydrogen-bond donors (Lipinski definition) is 1. The average molecular weight is 268 g/mol. The Morgan fingerprint density at radius 1 is 1.32 bits per heavy atom. The summed E-state index contributed by atoms with van der Waals surface area (Å²) in [6, 6.07) is 0. The largest absolute Gasteiger partial charge is 0.448 e. The Bertz CT molecular complexity index is 394. The molecule has 1 saturated heterocycles. The summed E-state index contributed by atoms with van der Waals surface area (Å²) in [5, 5.41) is 3.31. The van der Waals surface area contributed by atoms with Crippen LogP contribution in [0.25, 0.3) is 0 Å². The van der Waals surface area contributed by atoms with Gasteiger partial charge in [0, 0.05) is 20.2 Å². The summed E-state index contributed by atoms with van der Waals surface area (Å²) in [5.74, 6) is 1.70. The summed E-state index contributed by atoms with van der Waals surface area (Å²) >= 11 is 0. The van der Waals surface area contributed by atoms with Gasteiger partial charge in [-0.05, 0) is 19.8 Å². The molecule has 0 aromatic carbocycles. The zero-order valence-corrected chi connectivity index (χ0v) is 12.2. The van der Waals surface area contributed by atoms with Gasteiger partial charge in [-0.15, -0.1) is 0 Å². The molecular weight excluding hydrogens is 244 g/mol. The van der Waals surface area contributed by atoms with E-state index in [0.717, 1.165) is 18.0 Å². The maximum Gasteiger partial charge on any atom is 0.181 e. The second kappa shape index (κ2) is 6.50. The zero-order valence-electron chi connectivity index (χ0n) is 12.2.